The van der Waals surface area contributed by atoms with Gasteiger partial charge in [0.25, 0.3) is 0 Å². The second-order valence-electron chi connectivity index (χ2n) is 8.30. The number of hydrogen-bond donors (Lipinski definition) is 2. The minimum absolute atomic E-state index is 0.105. The van der Waals surface area contributed by atoms with Gasteiger partial charge < -0.3 is 10.4 Å². The number of halogens is 1. The first-order valence-electron chi connectivity index (χ1n) is 11.0. The van der Waals surface area contributed by atoms with E-state index in [1.54, 1.807) is 0 Å². The Hall–Kier alpha value is -2.46. The van der Waals surface area contributed by atoms with Crippen LogP contribution in [0.5, 0.6) is 0 Å². The molecule has 0 radical (unpaired) electrons. The lowest BCUT2D eigenvalue weighted by molar-refractivity contribution is 0.280. The number of aliphatic hydroxyl groups is 1. The highest BCUT2D eigenvalue weighted by Crippen LogP contribution is 2.28. The zero-order valence-corrected chi connectivity index (χ0v) is 20.7. The minimum Gasteiger partial charge on any atom is -0.392 e. The van der Waals surface area contributed by atoms with Crippen molar-refractivity contribution < 1.29 is 5.11 Å². The standard InChI is InChI=1S/C20H23NO.C9H9Br/c1-14-4-3-5-16(10-14)6-7-20-19-12-18(13-22)15(2)11-17(19)8-9-21-20;1-8-3-2-4-9(7-8)5-6-10/h3-7,10-12,20-22H,8-9,13H2,1-2H3;2-7H,1H3/b7-6+;6-5+. The number of aliphatic hydroxyl groups excluding tert-OH is 1. The molecule has 0 amide bonds. The van der Waals surface area contributed by atoms with Crippen LogP contribution in [-0.2, 0) is 13.0 Å². The number of hydrogen-bond acceptors (Lipinski definition) is 2. The Balaban J connectivity index is 0.000000243. The Bertz CT molecular complexity index is 1100. The molecule has 0 aromatic heterocycles. The molecule has 3 aromatic carbocycles. The molecule has 166 valence electrons. The molecule has 0 fully saturated rings. The van der Waals surface area contributed by atoms with Crippen molar-refractivity contribution in [2.75, 3.05) is 6.54 Å². The molecule has 0 bridgehead atoms. The van der Waals surface area contributed by atoms with Crippen LogP contribution in [0.4, 0.5) is 0 Å². The molecule has 1 aliphatic heterocycles. The van der Waals surface area contributed by atoms with Crippen LogP contribution in [-0.4, -0.2) is 11.7 Å². The smallest absolute Gasteiger partial charge is 0.0684 e. The van der Waals surface area contributed by atoms with E-state index in [0.29, 0.717) is 0 Å². The molecule has 0 saturated carbocycles. The van der Waals surface area contributed by atoms with E-state index in [1.165, 1.54) is 38.9 Å². The van der Waals surface area contributed by atoms with Gasteiger partial charge in [0.1, 0.15) is 0 Å². The average Bonchev–Trinajstić information content (AvgIpc) is 2.78. The maximum atomic E-state index is 9.51. The van der Waals surface area contributed by atoms with E-state index in [-0.39, 0.29) is 12.6 Å². The Morgan fingerprint density at radius 2 is 1.59 bits per heavy atom. The molecule has 1 unspecified atom stereocenters. The van der Waals surface area contributed by atoms with Crippen molar-refractivity contribution in [3.8, 4) is 0 Å². The van der Waals surface area contributed by atoms with Gasteiger partial charge in [-0.2, -0.15) is 0 Å². The first-order chi connectivity index (χ1) is 15.5. The average molecular weight is 490 g/mol. The van der Waals surface area contributed by atoms with Gasteiger partial charge in [0.15, 0.2) is 0 Å². The predicted octanol–water partition coefficient (Wildman–Crippen LogP) is 7.06. The fourth-order valence-corrected chi connectivity index (χ4v) is 4.28. The molecular weight excluding hydrogens is 458 g/mol. The van der Waals surface area contributed by atoms with E-state index in [0.717, 1.165) is 18.5 Å². The van der Waals surface area contributed by atoms with Crippen LogP contribution in [0.3, 0.4) is 0 Å². The first kappa shape index (κ1) is 24.2. The molecule has 0 saturated heterocycles. The molecule has 3 aromatic rings. The van der Waals surface area contributed by atoms with Gasteiger partial charge in [0.2, 0.25) is 0 Å². The van der Waals surface area contributed by atoms with E-state index >= 15 is 0 Å². The van der Waals surface area contributed by atoms with Gasteiger partial charge in [0, 0.05) is 6.54 Å². The molecule has 3 heteroatoms. The molecular formula is C29H32BrNO. The summed E-state index contributed by atoms with van der Waals surface area (Å²) in [6, 6.07) is 21.5. The van der Waals surface area contributed by atoms with Crippen molar-refractivity contribution in [3.63, 3.8) is 0 Å². The molecule has 0 spiro atoms. The van der Waals surface area contributed by atoms with Crippen LogP contribution in [0.2, 0.25) is 0 Å². The van der Waals surface area contributed by atoms with E-state index < -0.39 is 0 Å². The first-order valence-corrected chi connectivity index (χ1v) is 12.0. The molecule has 1 aliphatic rings. The van der Waals surface area contributed by atoms with Crippen molar-refractivity contribution in [1.82, 2.24) is 5.32 Å². The summed E-state index contributed by atoms with van der Waals surface area (Å²) in [6.45, 7) is 7.37. The van der Waals surface area contributed by atoms with Crippen molar-refractivity contribution in [3.05, 3.63) is 116 Å². The molecule has 2 nitrogen and oxygen atoms in total. The molecule has 2 N–H and O–H groups in total. The largest absolute Gasteiger partial charge is 0.392 e. The summed E-state index contributed by atoms with van der Waals surface area (Å²) in [5.41, 5.74) is 9.93. The number of nitrogens with one attached hydrogen (secondary N) is 1. The quantitative estimate of drug-likeness (QED) is 0.411. The minimum atomic E-state index is 0.105. The van der Waals surface area contributed by atoms with Crippen molar-refractivity contribution >= 4 is 28.1 Å². The van der Waals surface area contributed by atoms with E-state index in [9.17, 15) is 5.11 Å². The lowest BCUT2D eigenvalue weighted by Crippen LogP contribution is -2.28. The van der Waals surface area contributed by atoms with Crippen molar-refractivity contribution in [2.45, 2.75) is 39.8 Å². The van der Waals surface area contributed by atoms with Gasteiger partial charge in [-0.25, -0.2) is 0 Å². The summed E-state index contributed by atoms with van der Waals surface area (Å²) in [7, 11) is 0. The highest BCUT2D eigenvalue weighted by atomic mass is 79.9. The van der Waals surface area contributed by atoms with Gasteiger partial charge in [-0.3, -0.25) is 0 Å². The maximum Gasteiger partial charge on any atom is 0.0684 e. The Morgan fingerprint density at radius 3 is 2.19 bits per heavy atom. The summed E-state index contributed by atoms with van der Waals surface area (Å²) >= 11 is 3.23. The predicted molar refractivity (Wildman–Crippen MR) is 141 cm³/mol. The van der Waals surface area contributed by atoms with Gasteiger partial charge in [0.05, 0.1) is 12.6 Å². The van der Waals surface area contributed by atoms with Crippen LogP contribution in [0.25, 0.3) is 12.2 Å². The molecule has 0 aliphatic carbocycles. The van der Waals surface area contributed by atoms with E-state index in [1.807, 2.05) is 11.1 Å². The Kier molecular flexibility index (Phi) is 9.04. The molecule has 32 heavy (non-hydrogen) atoms. The summed E-state index contributed by atoms with van der Waals surface area (Å²) in [5, 5.41) is 13.1. The van der Waals surface area contributed by atoms with Crippen LogP contribution in [0, 0.1) is 20.8 Å². The Morgan fingerprint density at radius 1 is 0.938 bits per heavy atom. The summed E-state index contributed by atoms with van der Waals surface area (Å²) in [6.07, 6.45) is 7.48. The topological polar surface area (TPSA) is 32.3 Å². The van der Waals surface area contributed by atoms with Crippen LogP contribution >= 0.6 is 15.9 Å². The maximum absolute atomic E-state index is 9.51. The zero-order chi connectivity index (χ0) is 22.9. The zero-order valence-electron chi connectivity index (χ0n) is 19.1. The van der Waals surface area contributed by atoms with Gasteiger partial charge in [-0.1, -0.05) is 99.9 Å². The number of benzene rings is 3. The highest BCUT2D eigenvalue weighted by molar-refractivity contribution is 9.11. The molecule has 1 heterocycles. The number of fused-ring (bicyclic) bond motifs is 1. The third kappa shape index (κ3) is 6.77. The van der Waals surface area contributed by atoms with Gasteiger partial charge in [-0.05, 0) is 71.6 Å². The van der Waals surface area contributed by atoms with Gasteiger partial charge in [-0.15, -0.1) is 0 Å². The number of aryl methyl sites for hydroxylation is 3. The lowest BCUT2D eigenvalue weighted by atomic mass is 9.90. The second-order valence-corrected chi connectivity index (χ2v) is 8.83. The fraction of sp³-hybridized carbons (Fsp3) is 0.241. The van der Waals surface area contributed by atoms with Crippen molar-refractivity contribution in [2.24, 2.45) is 0 Å². The Labute approximate surface area is 200 Å². The highest BCUT2D eigenvalue weighted by Gasteiger charge is 2.18. The normalized spacial score (nSPS) is 15.5. The molecule has 4 rings (SSSR count). The second kappa shape index (κ2) is 12.0. The summed E-state index contributed by atoms with van der Waals surface area (Å²) in [4.78, 5) is 1.86. The SMILES string of the molecule is Cc1cccc(/C=C/Br)c1.Cc1cccc(/C=C/C2NCCc3cc(C)c(CO)cc32)c1. The van der Waals surface area contributed by atoms with Crippen LogP contribution < -0.4 is 5.32 Å². The van der Waals surface area contributed by atoms with Crippen molar-refractivity contribution in [1.29, 1.82) is 0 Å². The third-order valence-corrected chi connectivity index (χ3v) is 5.95. The fourth-order valence-electron chi connectivity index (χ4n) is 3.98. The number of rotatable bonds is 4. The summed E-state index contributed by atoms with van der Waals surface area (Å²) < 4.78 is 0. The monoisotopic (exact) mass is 489 g/mol. The third-order valence-electron chi connectivity index (χ3n) is 5.68. The lowest BCUT2D eigenvalue weighted by Gasteiger charge is -2.26. The van der Waals surface area contributed by atoms with E-state index in [2.05, 4.69) is 115 Å². The van der Waals surface area contributed by atoms with Crippen LogP contribution in [0.15, 0.2) is 71.7 Å². The summed E-state index contributed by atoms with van der Waals surface area (Å²) in [5.74, 6) is 0. The van der Waals surface area contributed by atoms with Gasteiger partial charge >= 0.3 is 0 Å². The van der Waals surface area contributed by atoms with E-state index in [4.69, 9.17) is 0 Å². The molecule has 1 atom stereocenters. The van der Waals surface area contributed by atoms with Crippen LogP contribution in [0.1, 0.15) is 50.5 Å².